The summed E-state index contributed by atoms with van der Waals surface area (Å²) in [6, 6.07) is 7.29. The minimum atomic E-state index is -0.251. The number of hydrogen-bond acceptors (Lipinski definition) is 4. The number of carbonyl (C=O) groups is 1. The van der Waals surface area contributed by atoms with Crippen LogP contribution in [0, 0.1) is 5.92 Å². The maximum Gasteiger partial charge on any atom is 0.276 e. The first-order valence-corrected chi connectivity index (χ1v) is 9.40. The van der Waals surface area contributed by atoms with Gasteiger partial charge in [0.25, 0.3) is 5.91 Å². The third-order valence-electron chi connectivity index (χ3n) is 4.25. The Balaban J connectivity index is 0.00000261. The van der Waals surface area contributed by atoms with Gasteiger partial charge in [0.1, 0.15) is 5.75 Å². The minimum Gasteiger partial charge on any atom is -0.492 e. The highest BCUT2D eigenvalue weighted by Crippen LogP contribution is 2.28. The summed E-state index contributed by atoms with van der Waals surface area (Å²) in [7, 11) is 0. The van der Waals surface area contributed by atoms with Gasteiger partial charge in [-0.1, -0.05) is 25.4 Å². The fourth-order valence-electron chi connectivity index (χ4n) is 2.87. The summed E-state index contributed by atoms with van der Waals surface area (Å²) in [6.07, 6.45) is 4.06. The Bertz CT molecular complexity index is 758. The summed E-state index contributed by atoms with van der Waals surface area (Å²) in [5.74, 6) is 0.784. The van der Waals surface area contributed by atoms with Gasteiger partial charge >= 0.3 is 0 Å². The first-order valence-electron chi connectivity index (χ1n) is 9.02. The van der Waals surface area contributed by atoms with Crippen LogP contribution >= 0.6 is 24.0 Å². The first kappa shape index (κ1) is 21.5. The SMILES string of the molecule is CC(C)COc1ccc(NC(=O)c2ccn(C3CCCNC3)n2)cc1Cl.Cl. The number of benzene rings is 1. The molecule has 1 aromatic carbocycles. The zero-order valence-corrected chi connectivity index (χ0v) is 17.1. The van der Waals surface area contributed by atoms with E-state index in [0.717, 1.165) is 25.9 Å². The third kappa shape index (κ3) is 5.86. The molecule has 0 spiro atoms. The van der Waals surface area contributed by atoms with Gasteiger partial charge in [-0.2, -0.15) is 5.10 Å². The Morgan fingerprint density at radius 1 is 1.44 bits per heavy atom. The van der Waals surface area contributed by atoms with E-state index >= 15 is 0 Å². The van der Waals surface area contributed by atoms with Crippen molar-refractivity contribution < 1.29 is 9.53 Å². The molecule has 6 nitrogen and oxygen atoms in total. The highest BCUT2D eigenvalue weighted by molar-refractivity contribution is 6.32. The Kier molecular flexibility index (Phi) is 7.95. The van der Waals surface area contributed by atoms with E-state index in [4.69, 9.17) is 16.3 Å². The normalized spacial score (nSPS) is 16.7. The lowest BCUT2D eigenvalue weighted by atomic mass is 10.1. The van der Waals surface area contributed by atoms with Crippen molar-refractivity contribution in [3.05, 3.63) is 41.2 Å². The zero-order valence-electron chi connectivity index (χ0n) is 15.6. The number of halogens is 2. The van der Waals surface area contributed by atoms with Crippen LogP contribution in [0.1, 0.15) is 43.2 Å². The van der Waals surface area contributed by atoms with E-state index in [1.807, 2.05) is 10.9 Å². The second kappa shape index (κ2) is 9.97. The quantitative estimate of drug-likeness (QED) is 0.746. The van der Waals surface area contributed by atoms with Crippen molar-refractivity contribution >= 4 is 35.6 Å². The van der Waals surface area contributed by atoms with Crippen LogP contribution < -0.4 is 15.4 Å². The fourth-order valence-corrected chi connectivity index (χ4v) is 3.10. The van der Waals surface area contributed by atoms with E-state index in [-0.39, 0.29) is 18.3 Å². The van der Waals surface area contributed by atoms with Crippen LogP contribution in [-0.2, 0) is 0 Å². The van der Waals surface area contributed by atoms with Gasteiger partial charge in [-0.25, -0.2) is 0 Å². The summed E-state index contributed by atoms with van der Waals surface area (Å²) in [5.41, 5.74) is 1.01. The Morgan fingerprint density at radius 3 is 2.93 bits per heavy atom. The number of hydrogen-bond donors (Lipinski definition) is 2. The molecule has 1 aromatic heterocycles. The molecule has 0 bridgehead atoms. The van der Waals surface area contributed by atoms with Crippen molar-refractivity contribution in [3.63, 3.8) is 0 Å². The smallest absolute Gasteiger partial charge is 0.276 e. The fraction of sp³-hybridized carbons (Fsp3) is 0.474. The molecule has 0 aliphatic carbocycles. The van der Waals surface area contributed by atoms with Crippen molar-refractivity contribution in [1.29, 1.82) is 0 Å². The van der Waals surface area contributed by atoms with E-state index in [1.165, 1.54) is 0 Å². The number of anilines is 1. The average molecular weight is 413 g/mol. The predicted molar refractivity (Wildman–Crippen MR) is 110 cm³/mol. The molecule has 8 heteroatoms. The van der Waals surface area contributed by atoms with Crippen molar-refractivity contribution in [2.75, 3.05) is 25.0 Å². The molecular weight excluding hydrogens is 387 g/mol. The molecule has 1 amide bonds. The van der Waals surface area contributed by atoms with Gasteiger partial charge in [0, 0.05) is 18.4 Å². The molecule has 2 N–H and O–H groups in total. The van der Waals surface area contributed by atoms with Gasteiger partial charge in [0.05, 0.1) is 17.7 Å². The summed E-state index contributed by atoms with van der Waals surface area (Å²) < 4.78 is 7.52. The van der Waals surface area contributed by atoms with Crippen LogP contribution in [0.15, 0.2) is 30.5 Å². The van der Waals surface area contributed by atoms with Crippen molar-refractivity contribution in [2.45, 2.75) is 32.7 Å². The largest absolute Gasteiger partial charge is 0.492 e. The van der Waals surface area contributed by atoms with Crippen LogP contribution in [0.3, 0.4) is 0 Å². The zero-order chi connectivity index (χ0) is 18.5. The first-order chi connectivity index (χ1) is 12.5. The van der Waals surface area contributed by atoms with Gasteiger partial charge < -0.3 is 15.4 Å². The average Bonchev–Trinajstić information content (AvgIpc) is 3.12. The summed E-state index contributed by atoms with van der Waals surface area (Å²) in [6.45, 7) is 6.67. The molecule has 2 aromatic rings. The van der Waals surface area contributed by atoms with Crippen molar-refractivity contribution in [3.8, 4) is 5.75 Å². The number of nitrogens with zero attached hydrogens (tertiary/aromatic N) is 2. The molecular formula is C19H26Cl2N4O2. The maximum absolute atomic E-state index is 12.4. The van der Waals surface area contributed by atoms with Crippen LogP contribution in [0.4, 0.5) is 5.69 Å². The Hall–Kier alpha value is -1.76. The number of ether oxygens (including phenoxy) is 1. The molecule has 2 heterocycles. The number of piperidine rings is 1. The van der Waals surface area contributed by atoms with Crippen molar-refractivity contribution in [1.82, 2.24) is 15.1 Å². The molecule has 1 aliphatic rings. The van der Waals surface area contributed by atoms with Gasteiger partial charge in [0.2, 0.25) is 0 Å². The second-order valence-corrected chi connectivity index (χ2v) is 7.39. The summed E-state index contributed by atoms with van der Waals surface area (Å²) in [5, 5.41) is 11.1. The van der Waals surface area contributed by atoms with E-state index in [2.05, 4.69) is 29.6 Å². The minimum absolute atomic E-state index is 0. The second-order valence-electron chi connectivity index (χ2n) is 6.99. The molecule has 0 radical (unpaired) electrons. The number of nitrogens with one attached hydrogen (secondary N) is 2. The van der Waals surface area contributed by atoms with Crippen LogP contribution in [-0.4, -0.2) is 35.4 Å². The lowest BCUT2D eigenvalue weighted by Gasteiger charge is -2.22. The molecule has 1 unspecified atom stereocenters. The predicted octanol–water partition coefficient (Wildman–Crippen LogP) is 4.17. The van der Waals surface area contributed by atoms with Gasteiger partial charge in [-0.3, -0.25) is 9.48 Å². The van der Waals surface area contributed by atoms with E-state index in [0.29, 0.717) is 40.7 Å². The molecule has 148 valence electrons. The molecule has 1 saturated heterocycles. The highest BCUT2D eigenvalue weighted by Gasteiger charge is 2.18. The number of carbonyl (C=O) groups excluding carboxylic acids is 1. The summed E-state index contributed by atoms with van der Waals surface area (Å²) >= 11 is 6.24. The summed E-state index contributed by atoms with van der Waals surface area (Å²) in [4.78, 5) is 12.4. The van der Waals surface area contributed by atoms with Gasteiger partial charge in [0.15, 0.2) is 5.69 Å². The standard InChI is InChI=1S/C19H25ClN4O2.ClH/c1-13(2)12-26-18-6-5-14(10-16(18)20)22-19(25)17-7-9-24(23-17)15-4-3-8-21-11-15;/h5-7,9-10,13,15,21H,3-4,8,11-12H2,1-2H3,(H,22,25);1H. The van der Waals surface area contributed by atoms with E-state index in [9.17, 15) is 4.79 Å². The molecule has 1 aliphatic heterocycles. The van der Waals surface area contributed by atoms with Crippen LogP contribution in [0.5, 0.6) is 5.75 Å². The molecule has 0 saturated carbocycles. The molecule has 27 heavy (non-hydrogen) atoms. The Labute approximate surface area is 171 Å². The van der Waals surface area contributed by atoms with Gasteiger partial charge in [-0.05, 0) is 49.6 Å². The number of amides is 1. The lowest BCUT2D eigenvalue weighted by Crippen LogP contribution is -2.32. The number of rotatable bonds is 6. The molecule has 1 fully saturated rings. The molecule has 3 rings (SSSR count). The monoisotopic (exact) mass is 412 g/mol. The molecule has 1 atom stereocenters. The number of aromatic nitrogens is 2. The van der Waals surface area contributed by atoms with E-state index < -0.39 is 0 Å². The van der Waals surface area contributed by atoms with Crippen molar-refractivity contribution in [2.24, 2.45) is 5.92 Å². The topological polar surface area (TPSA) is 68.2 Å². The maximum atomic E-state index is 12.4. The highest BCUT2D eigenvalue weighted by atomic mass is 35.5. The van der Waals surface area contributed by atoms with Crippen LogP contribution in [0.2, 0.25) is 5.02 Å². The van der Waals surface area contributed by atoms with Crippen LogP contribution in [0.25, 0.3) is 0 Å². The Morgan fingerprint density at radius 2 is 2.26 bits per heavy atom. The lowest BCUT2D eigenvalue weighted by molar-refractivity contribution is 0.102. The van der Waals surface area contributed by atoms with E-state index in [1.54, 1.807) is 24.3 Å². The van der Waals surface area contributed by atoms with Gasteiger partial charge in [-0.15, -0.1) is 12.4 Å². The third-order valence-corrected chi connectivity index (χ3v) is 4.54.